The molecular weight excluding hydrogens is 356 g/mol. The molecule has 142 valence electrons. The molecule has 28 heavy (non-hydrogen) atoms. The van der Waals surface area contributed by atoms with E-state index in [0.29, 0.717) is 35.7 Å². The van der Waals surface area contributed by atoms with Gasteiger partial charge in [-0.2, -0.15) is 0 Å². The number of hydrogen-bond acceptors (Lipinski definition) is 6. The van der Waals surface area contributed by atoms with E-state index in [1.54, 1.807) is 23.1 Å². The highest BCUT2D eigenvalue weighted by atomic mass is 16.5. The Balaban J connectivity index is 1.44. The molecule has 2 N–H and O–H groups in total. The van der Waals surface area contributed by atoms with Gasteiger partial charge >= 0.3 is 5.97 Å². The SMILES string of the molecule is Nc1nc(COC(=O)c2cccc(CN3CCCC3=O)c2)nc2ccccc12. The van der Waals surface area contributed by atoms with Crippen LogP contribution in [0.3, 0.4) is 0 Å². The lowest BCUT2D eigenvalue weighted by molar-refractivity contribution is -0.128. The van der Waals surface area contributed by atoms with Crippen LogP contribution in [0.4, 0.5) is 5.82 Å². The maximum atomic E-state index is 12.4. The lowest BCUT2D eigenvalue weighted by Gasteiger charge is -2.15. The van der Waals surface area contributed by atoms with E-state index in [1.165, 1.54) is 0 Å². The largest absolute Gasteiger partial charge is 0.454 e. The van der Waals surface area contributed by atoms with Gasteiger partial charge in [0.25, 0.3) is 0 Å². The molecule has 0 spiro atoms. The molecule has 2 heterocycles. The van der Waals surface area contributed by atoms with E-state index in [1.807, 2.05) is 30.3 Å². The van der Waals surface area contributed by atoms with E-state index >= 15 is 0 Å². The number of hydrogen-bond donors (Lipinski definition) is 1. The van der Waals surface area contributed by atoms with Crippen molar-refractivity contribution in [3.8, 4) is 0 Å². The number of amides is 1. The number of nitrogen functional groups attached to an aromatic ring is 1. The molecule has 0 aliphatic carbocycles. The summed E-state index contributed by atoms with van der Waals surface area (Å²) in [6.07, 6.45) is 1.48. The Labute approximate surface area is 162 Å². The van der Waals surface area contributed by atoms with Crippen LogP contribution in [-0.4, -0.2) is 33.3 Å². The first-order valence-corrected chi connectivity index (χ1v) is 9.15. The van der Waals surface area contributed by atoms with Crippen molar-refractivity contribution in [1.29, 1.82) is 0 Å². The van der Waals surface area contributed by atoms with Crippen molar-refractivity contribution in [3.63, 3.8) is 0 Å². The topological polar surface area (TPSA) is 98.4 Å². The molecule has 0 bridgehead atoms. The van der Waals surface area contributed by atoms with Crippen molar-refractivity contribution >= 4 is 28.6 Å². The first-order valence-electron chi connectivity index (χ1n) is 9.15. The number of fused-ring (bicyclic) bond motifs is 1. The van der Waals surface area contributed by atoms with Crippen LogP contribution in [0.5, 0.6) is 0 Å². The van der Waals surface area contributed by atoms with E-state index in [-0.39, 0.29) is 12.5 Å². The van der Waals surface area contributed by atoms with Crippen LogP contribution in [-0.2, 0) is 22.7 Å². The predicted molar refractivity (Wildman–Crippen MR) is 104 cm³/mol. The quantitative estimate of drug-likeness (QED) is 0.688. The summed E-state index contributed by atoms with van der Waals surface area (Å²) in [5.74, 6) is 0.390. The minimum atomic E-state index is -0.468. The lowest BCUT2D eigenvalue weighted by Crippen LogP contribution is -2.23. The molecular formula is C21H20N4O3. The van der Waals surface area contributed by atoms with Gasteiger partial charge in [-0.15, -0.1) is 0 Å². The van der Waals surface area contributed by atoms with Crippen molar-refractivity contribution in [1.82, 2.24) is 14.9 Å². The number of carbonyl (C=O) groups excluding carboxylic acids is 2. The predicted octanol–water partition coefficient (Wildman–Crippen LogP) is 2.69. The standard InChI is InChI=1S/C21H20N4O3/c22-20-16-7-1-2-8-17(16)23-18(24-20)13-28-21(27)15-6-3-5-14(11-15)12-25-10-4-9-19(25)26/h1-3,5-8,11H,4,9-10,12-13H2,(H2,22,23,24). The van der Waals surface area contributed by atoms with E-state index < -0.39 is 5.97 Å². The van der Waals surface area contributed by atoms with Crippen molar-refractivity contribution in [3.05, 3.63) is 65.5 Å². The zero-order valence-corrected chi connectivity index (χ0v) is 15.3. The fourth-order valence-corrected chi connectivity index (χ4v) is 3.32. The van der Waals surface area contributed by atoms with Crippen LogP contribution < -0.4 is 5.73 Å². The van der Waals surface area contributed by atoms with E-state index in [9.17, 15) is 9.59 Å². The molecule has 1 aliphatic rings. The van der Waals surface area contributed by atoms with Crippen LogP contribution in [0, 0.1) is 0 Å². The van der Waals surface area contributed by atoms with E-state index in [4.69, 9.17) is 10.5 Å². The fourth-order valence-electron chi connectivity index (χ4n) is 3.32. The monoisotopic (exact) mass is 376 g/mol. The van der Waals surface area contributed by atoms with Crippen molar-refractivity contribution < 1.29 is 14.3 Å². The highest BCUT2D eigenvalue weighted by molar-refractivity contribution is 5.90. The number of carbonyl (C=O) groups is 2. The highest BCUT2D eigenvalue weighted by Crippen LogP contribution is 2.18. The Morgan fingerprint density at radius 3 is 2.82 bits per heavy atom. The van der Waals surface area contributed by atoms with Crippen LogP contribution in [0.15, 0.2) is 48.5 Å². The molecule has 1 aromatic heterocycles. The van der Waals surface area contributed by atoms with Gasteiger partial charge in [0.2, 0.25) is 5.91 Å². The molecule has 4 rings (SSSR count). The summed E-state index contributed by atoms with van der Waals surface area (Å²) in [7, 11) is 0. The third kappa shape index (κ3) is 3.78. The van der Waals surface area contributed by atoms with Crippen molar-refractivity contribution in [2.24, 2.45) is 0 Å². The molecule has 0 atom stereocenters. The summed E-state index contributed by atoms with van der Waals surface area (Å²) in [5, 5.41) is 0.765. The first-order chi connectivity index (χ1) is 13.6. The van der Waals surface area contributed by atoms with Crippen LogP contribution in [0.1, 0.15) is 34.6 Å². The molecule has 1 aliphatic heterocycles. The summed E-state index contributed by atoms with van der Waals surface area (Å²) in [5.41, 5.74) is 7.99. The fraction of sp³-hybridized carbons (Fsp3) is 0.238. The van der Waals surface area contributed by atoms with Crippen LogP contribution in [0.25, 0.3) is 10.9 Å². The zero-order valence-electron chi connectivity index (χ0n) is 15.3. The molecule has 0 unspecified atom stereocenters. The number of nitrogens with two attached hydrogens (primary N) is 1. The molecule has 7 heteroatoms. The third-order valence-corrected chi connectivity index (χ3v) is 4.72. The van der Waals surface area contributed by atoms with E-state index in [0.717, 1.165) is 23.9 Å². The van der Waals surface area contributed by atoms with Crippen molar-refractivity contribution in [2.45, 2.75) is 26.0 Å². The average molecular weight is 376 g/mol. The lowest BCUT2D eigenvalue weighted by atomic mass is 10.1. The minimum absolute atomic E-state index is 0.0668. The maximum Gasteiger partial charge on any atom is 0.338 e. The van der Waals surface area contributed by atoms with Gasteiger partial charge in [0, 0.05) is 24.9 Å². The Kier molecular flexibility index (Phi) is 4.89. The summed E-state index contributed by atoms with van der Waals surface area (Å²) in [6, 6.07) is 14.5. The summed E-state index contributed by atoms with van der Waals surface area (Å²) in [4.78, 5) is 34.6. The summed E-state index contributed by atoms with van der Waals surface area (Å²) >= 11 is 0. The molecule has 7 nitrogen and oxygen atoms in total. The molecule has 0 saturated carbocycles. The second kappa shape index (κ2) is 7.64. The molecule has 2 aromatic carbocycles. The number of anilines is 1. The number of benzene rings is 2. The Hall–Kier alpha value is -3.48. The number of ether oxygens (including phenoxy) is 1. The first kappa shape index (κ1) is 17.9. The summed E-state index contributed by atoms with van der Waals surface area (Å²) < 4.78 is 5.36. The van der Waals surface area contributed by atoms with Crippen LogP contribution in [0.2, 0.25) is 0 Å². The Bertz CT molecular complexity index is 1050. The second-order valence-corrected chi connectivity index (χ2v) is 6.74. The van der Waals surface area contributed by atoms with E-state index in [2.05, 4.69) is 9.97 Å². The number of nitrogens with zero attached hydrogens (tertiary/aromatic N) is 3. The van der Waals surface area contributed by atoms with Gasteiger partial charge in [0.05, 0.1) is 11.1 Å². The van der Waals surface area contributed by atoms with Gasteiger partial charge in [0.1, 0.15) is 5.82 Å². The van der Waals surface area contributed by atoms with Gasteiger partial charge in [-0.05, 0) is 36.2 Å². The van der Waals surface area contributed by atoms with Gasteiger partial charge < -0.3 is 15.4 Å². The molecule has 1 amide bonds. The molecule has 3 aromatic rings. The number of likely N-dealkylation sites (tertiary alicyclic amines) is 1. The second-order valence-electron chi connectivity index (χ2n) is 6.74. The zero-order chi connectivity index (χ0) is 19.5. The minimum Gasteiger partial charge on any atom is -0.454 e. The number of esters is 1. The molecule has 0 radical (unpaired) electrons. The molecule has 1 fully saturated rings. The highest BCUT2D eigenvalue weighted by Gasteiger charge is 2.20. The van der Waals surface area contributed by atoms with Crippen LogP contribution >= 0.6 is 0 Å². The van der Waals surface area contributed by atoms with Crippen molar-refractivity contribution in [2.75, 3.05) is 12.3 Å². The average Bonchev–Trinajstić information content (AvgIpc) is 3.11. The number of aromatic nitrogens is 2. The number of para-hydroxylation sites is 1. The smallest absolute Gasteiger partial charge is 0.338 e. The van der Waals surface area contributed by atoms with Gasteiger partial charge in [0.15, 0.2) is 12.4 Å². The normalized spacial score (nSPS) is 13.9. The number of rotatable bonds is 5. The summed E-state index contributed by atoms with van der Waals surface area (Å²) in [6.45, 7) is 1.20. The molecule has 1 saturated heterocycles. The van der Waals surface area contributed by atoms with Gasteiger partial charge in [-0.25, -0.2) is 14.8 Å². The third-order valence-electron chi connectivity index (χ3n) is 4.72. The Morgan fingerprint density at radius 2 is 2.00 bits per heavy atom. The van der Waals surface area contributed by atoms with Gasteiger partial charge in [-0.1, -0.05) is 24.3 Å². The maximum absolute atomic E-state index is 12.4. The van der Waals surface area contributed by atoms with Gasteiger partial charge in [-0.3, -0.25) is 4.79 Å². The Morgan fingerprint density at radius 1 is 1.14 bits per heavy atom.